The average molecular weight is 457 g/mol. The van der Waals surface area contributed by atoms with E-state index in [0.29, 0.717) is 51.5 Å². The van der Waals surface area contributed by atoms with Crippen molar-refractivity contribution < 1.29 is 18.0 Å². The monoisotopic (exact) mass is 456 g/mol. The second kappa shape index (κ2) is 7.14. The lowest BCUT2D eigenvalue weighted by atomic mass is 10.1. The molecule has 0 unspecified atom stereocenters. The summed E-state index contributed by atoms with van der Waals surface area (Å²) in [6.45, 7) is 1.33. The SMILES string of the molecule is O=C1CN(c2ccc(NS(=O)(=O)c3ccc4c5c(cccc35)C(=O)N4)cc2Cl)CCN1. The van der Waals surface area contributed by atoms with Crippen LogP contribution in [0.1, 0.15) is 10.4 Å². The van der Waals surface area contributed by atoms with Gasteiger partial charge in [0.25, 0.3) is 15.9 Å². The van der Waals surface area contributed by atoms with Gasteiger partial charge in [0.2, 0.25) is 5.91 Å². The van der Waals surface area contributed by atoms with Crippen LogP contribution in [0.4, 0.5) is 17.1 Å². The Kier molecular flexibility index (Phi) is 4.53. The number of sulfonamides is 1. The largest absolute Gasteiger partial charge is 0.359 e. The number of benzene rings is 3. The molecule has 3 aromatic rings. The minimum atomic E-state index is -3.95. The molecule has 0 saturated carbocycles. The van der Waals surface area contributed by atoms with Crippen molar-refractivity contribution in [3.63, 3.8) is 0 Å². The maximum atomic E-state index is 13.2. The zero-order valence-corrected chi connectivity index (χ0v) is 17.7. The Balaban J connectivity index is 1.48. The number of hydrogen-bond acceptors (Lipinski definition) is 5. The number of amides is 2. The topological polar surface area (TPSA) is 108 Å². The van der Waals surface area contributed by atoms with E-state index >= 15 is 0 Å². The molecule has 3 N–H and O–H groups in total. The lowest BCUT2D eigenvalue weighted by Crippen LogP contribution is -2.47. The number of nitrogens with one attached hydrogen (secondary N) is 3. The number of carbonyl (C=O) groups excluding carboxylic acids is 2. The maximum absolute atomic E-state index is 13.2. The van der Waals surface area contributed by atoms with Gasteiger partial charge in [0, 0.05) is 35.1 Å². The zero-order valence-electron chi connectivity index (χ0n) is 16.1. The molecular weight excluding hydrogens is 440 g/mol. The number of rotatable bonds is 4. The van der Waals surface area contributed by atoms with Crippen molar-refractivity contribution in [2.45, 2.75) is 4.90 Å². The number of anilines is 3. The molecule has 0 spiro atoms. The Bertz CT molecular complexity index is 1370. The predicted molar refractivity (Wildman–Crippen MR) is 119 cm³/mol. The van der Waals surface area contributed by atoms with Crippen LogP contribution in [0, 0.1) is 0 Å². The van der Waals surface area contributed by atoms with E-state index in [2.05, 4.69) is 15.4 Å². The molecule has 1 fully saturated rings. The second-order valence-corrected chi connectivity index (χ2v) is 9.39. The first-order valence-corrected chi connectivity index (χ1v) is 11.4. The summed E-state index contributed by atoms with van der Waals surface area (Å²) in [4.78, 5) is 25.6. The highest BCUT2D eigenvalue weighted by Crippen LogP contribution is 2.37. The summed E-state index contributed by atoms with van der Waals surface area (Å²) in [5, 5.41) is 6.88. The van der Waals surface area contributed by atoms with Gasteiger partial charge in [0.1, 0.15) is 0 Å². The minimum Gasteiger partial charge on any atom is -0.359 e. The number of hydrogen-bond donors (Lipinski definition) is 3. The van der Waals surface area contributed by atoms with Gasteiger partial charge in [-0.05, 0) is 36.4 Å². The normalized spacial score (nSPS) is 15.7. The van der Waals surface area contributed by atoms with Crippen LogP contribution in [0.5, 0.6) is 0 Å². The van der Waals surface area contributed by atoms with E-state index < -0.39 is 10.0 Å². The lowest BCUT2D eigenvalue weighted by Gasteiger charge is -2.29. The first kappa shape index (κ1) is 19.7. The summed E-state index contributed by atoms with van der Waals surface area (Å²) in [6, 6.07) is 12.9. The highest BCUT2D eigenvalue weighted by atomic mass is 35.5. The number of piperazine rings is 1. The molecule has 3 aromatic carbocycles. The predicted octanol–water partition coefficient (Wildman–Crippen LogP) is 2.80. The molecule has 0 atom stereocenters. The van der Waals surface area contributed by atoms with E-state index in [0.717, 1.165) is 0 Å². The second-order valence-electron chi connectivity index (χ2n) is 7.34. The van der Waals surface area contributed by atoms with Crippen LogP contribution in [0.3, 0.4) is 0 Å². The van der Waals surface area contributed by atoms with E-state index in [-0.39, 0.29) is 23.3 Å². The smallest absolute Gasteiger partial charge is 0.262 e. The van der Waals surface area contributed by atoms with Crippen molar-refractivity contribution in [3.8, 4) is 0 Å². The molecular formula is C21H17ClN4O4S. The van der Waals surface area contributed by atoms with Gasteiger partial charge in [-0.3, -0.25) is 14.3 Å². The molecule has 0 bridgehead atoms. The summed E-state index contributed by atoms with van der Waals surface area (Å²) in [5.74, 6) is -0.344. The molecule has 0 aliphatic carbocycles. The summed E-state index contributed by atoms with van der Waals surface area (Å²) in [7, 11) is -3.95. The van der Waals surface area contributed by atoms with Crippen molar-refractivity contribution in [1.29, 1.82) is 0 Å². The van der Waals surface area contributed by atoms with Crippen LogP contribution in [-0.4, -0.2) is 39.9 Å². The van der Waals surface area contributed by atoms with Gasteiger partial charge < -0.3 is 15.5 Å². The van der Waals surface area contributed by atoms with Gasteiger partial charge in [-0.15, -0.1) is 0 Å². The Morgan fingerprint density at radius 3 is 2.68 bits per heavy atom. The van der Waals surface area contributed by atoms with Gasteiger partial charge in [-0.1, -0.05) is 23.7 Å². The molecule has 2 heterocycles. The maximum Gasteiger partial charge on any atom is 0.262 e. The van der Waals surface area contributed by atoms with E-state index in [1.165, 1.54) is 12.1 Å². The van der Waals surface area contributed by atoms with Crippen molar-refractivity contribution in [3.05, 3.63) is 59.1 Å². The molecule has 5 rings (SSSR count). The van der Waals surface area contributed by atoms with Crippen molar-refractivity contribution in [2.75, 3.05) is 34.6 Å². The summed E-state index contributed by atoms with van der Waals surface area (Å²) in [5.41, 5.74) is 2.00. The van der Waals surface area contributed by atoms with Crippen molar-refractivity contribution in [1.82, 2.24) is 5.32 Å². The molecule has 2 amide bonds. The highest BCUT2D eigenvalue weighted by molar-refractivity contribution is 7.93. The van der Waals surface area contributed by atoms with Gasteiger partial charge in [0.15, 0.2) is 0 Å². The summed E-state index contributed by atoms with van der Waals surface area (Å²) in [6.07, 6.45) is 0. The van der Waals surface area contributed by atoms with E-state index in [9.17, 15) is 18.0 Å². The van der Waals surface area contributed by atoms with Crippen LogP contribution in [0.25, 0.3) is 10.8 Å². The molecule has 10 heteroatoms. The van der Waals surface area contributed by atoms with Gasteiger partial charge in [0.05, 0.1) is 27.8 Å². The summed E-state index contributed by atoms with van der Waals surface area (Å²) >= 11 is 6.39. The Morgan fingerprint density at radius 2 is 1.90 bits per heavy atom. The van der Waals surface area contributed by atoms with Gasteiger partial charge >= 0.3 is 0 Å². The Labute approximate surface area is 183 Å². The molecule has 8 nitrogen and oxygen atoms in total. The first-order valence-electron chi connectivity index (χ1n) is 9.54. The third kappa shape index (κ3) is 3.35. The fourth-order valence-electron chi connectivity index (χ4n) is 3.98. The minimum absolute atomic E-state index is 0.0671. The van der Waals surface area contributed by atoms with E-state index in [4.69, 9.17) is 11.6 Å². The molecule has 158 valence electrons. The zero-order chi connectivity index (χ0) is 21.8. The third-order valence-electron chi connectivity index (χ3n) is 5.36. The fourth-order valence-corrected chi connectivity index (χ4v) is 5.53. The molecule has 2 aliphatic rings. The van der Waals surface area contributed by atoms with Crippen LogP contribution in [0.15, 0.2) is 53.4 Å². The number of halogens is 1. The summed E-state index contributed by atoms with van der Waals surface area (Å²) < 4.78 is 28.9. The quantitative estimate of drug-likeness (QED) is 0.559. The number of carbonyl (C=O) groups is 2. The molecule has 0 radical (unpaired) electrons. The first-order chi connectivity index (χ1) is 14.8. The Hall–Kier alpha value is -3.30. The van der Waals surface area contributed by atoms with Crippen LogP contribution in [0.2, 0.25) is 5.02 Å². The van der Waals surface area contributed by atoms with Crippen molar-refractivity contribution in [2.24, 2.45) is 0 Å². The standard InChI is InChI=1S/C21H17ClN4O4S/c22-15-10-12(4-6-17(15)26-9-8-23-19(27)11-26)25-31(29,30)18-7-5-16-20-13(18)2-1-3-14(20)21(28)24-16/h1-7,10,25H,8-9,11H2,(H,23,27)(H,24,28). The lowest BCUT2D eigenvalue weighted by molar-refractivity contribution is -0.120. The molecule has 1 saturated heterocycles. The highest BCUT2D eigenvalue weighted by Gasteiger charge is 2.26. The van der Waals surface area contributed by atoms with Gasteiger partial charge in [-0.2, -0.15) is 0 Å². The van der Waals surface area contributed by atoms with Crippen molar-refractivity contribution >= 4 is 61.3 Å². The number of nitrogens with zero attached hydrogens (tertiary/aromatic N) is 1. The van der Waals surface area contributed by atoms with Crippen LogP contribution >= 0.6 is 11.6 Å². The van der Waals surface area contributed by atoms with Crippen LogP contribution < -0.4 is 20.3 Å². The fraction of sp³-hybridized carbons (Fsp3) is 0.143. The third-order valence-corrected chi connectivity index (χ3v) is 7.10. The van der Waals surface area contributed by atoms with E-state index in [1.807, 2.05) is 4.90 Å². The molecule has 2 aliphatic heterocycles. The van der Waals surface area contributed by atoms with Gasteiger partial charge in [-0.25, -0.2) is 8.42 Å². The molecule has 31 heavy (non-hydrogen) atoms. The van der Waals surface area contributed by atoms with Crippen LogP contribution in [-0.2, 0) is 14.8 Å². The Morgan fingerprint density at radius 1 is 1.06 bits per heavy atom. The average Bonchev–Trinajstić information content (AvgIpc) is 3.05. The molecule has 0 aromatic heterocycles. The van der Waals surface area contributed by atoms with E-state index in [1.54, 1.807) is 36.4 Å².